The molecule has 2 rings (SSSR count). The molecule has 0 heterocycles. The molecule has 19 heavy (non-hydrogen) atoms. The molecule has 0 fully saturated rings. The minimum atomic E-state index is -3.63. The van der Waals surface area contributed by atoms with Crippen LogP contribution < -0.4 is 0 Å². The van der Waals surface area contributed by atoms with E-state index in [9.17, 15) is 13.2 Å². The molecule has 4 nitrogen and oxygen atoms in total. The van der Waals surface area contributed by atoms with Crippen LogP contribution in [0.25, 0.3) is 0 Å². The Bertz CT molecular complexity index is 673. The van der Waals surface area contributed by atoms with Crippen LogP contribution in [-0.4, -0.2) is 25.1 Å². The molecule has 0 bridgehead atoms. The summed E-state index contributed by atoms with van der Waals surface area (Å²) in [5, 5.41) is 9.12. The van der Waals surface area contributed by atoms with Crippen molar-refractivity contribution in [2.75, 3.05) is 5.75 Å². The van der Waals surface area contributed by atoms with Crippen LogP contribution in [0.3, 0.4) is 0 Å². The molecule has 0 amide bonds. The second kappa shape index (κ2) is 5.24. The minimum Gasteiger partial charge on any atom is -0.508 e. The molecule has 2 aromatic rings. The third kappa shape index (κ3) is 3.20. The van der Waals surface area contributed by atoms with Crippen molar-refractivity contribution in [2.45, 2.75) is 4.90 Å². The van der Waals surface area contributed by atoms with Crippen LogP contribution in [0.2, 0.25) is 0 Å². The van der Waals surface area contributed by atoms with Crippen LogP contribution in [0.1, 0.15) is 10.4 Å². The summed E-state index contributed by atoms with van der Waals surface area (Å²) in [6, 6.07) is 13.3. The number of Topliss-reactive ketones (excluding diaryl/α,β-unsaturated/α-hetero) is 1. The van der Waals surface area contributed by atoms with Crippen molar-refractivity contribution in [1.82, 2.24) is 0 Å². The zero-order chi connectivity index (χ0) is 13.9. The number of aromatic hydroxyl groups is 1. The van der Waals surface area contributed by atoms with E-state index in [4.69, 9.17) is 5.11 Å². The lowest BCUT2D eigenvalue weighted by atomic mass is 10.1. The molecular weight excluding hydrogens is 264 g/mol. The van der Waals surface area contributed by atoms with Gasteiger partial charge >= 0.3 is 0 Å². The van der Waals surface area contributed by atoms with Crippen molar-refractivity contribution < 1.29 is 18.3 Å². The first-order chi connectivity index (χ1) is 8.99. The van der Waals surface area contributed by atoms with Crippen molar-refractivity contribution in [3.05, 3.63) is 60.2 Å². The summed E-state index contributed by atoms with van der Waals surface area (Å²) in [5.74, 6) is -1.05. The lowest BCUT2D eigenvalue weighted by molar-refractivity contribution is 0.102. The number of hydrogen-bond acceptors (Lipinski definition) is 4. The Hall–Kier alpha value is -2.14. The third-order valence-electron chi connectivity index (χ3n) is 2.61. The van der Waals surface area contributed by atoms with Gasteiger partial charge in [0.15, 0.2) is 15.6 Å². The normalized spacial score (nSPS) is 11.2. The number of hydrogen-bond donors (Lipinski definition) is 1. The average Bonchev–Trinajstić information content (AvgIpc) is 2.40. The van der Waals surface area contributed by atoms with Gasteiger partial charge in [0.25, 0.3) is 0 Å². The molecular formula is C14H12O4S. The standard InChI is InChI=1S/C14H12O4S/c15-12-8-6-11(7-9-12)14(16)10-19(17,18)13-4-2-1-3-5-13/h1-9,15H,10H2. The van der Waals surface area contributed by atoms with Gasteiger partial charge in [0.2, 0.25) is 0 Å². The minimum absolute atomic E-state index is 0.0301. The first-order valence-electron chi connectivity index (χ1n) is 5.59. The highest BCUT2D eigenvalue weighted by Crippen LogP contribution is 2.14. The van der Waals surface area contributed by atoms with Crippen LogP contribution in [0.5, 0.6) is 5.75 Å². The number of carbonyl (C=O) groups excluding carboxylic acids is 1. The first kappa shape index (κ1) is 13.3. The maximum atomic E-state index is 12.0. The number of ketones is 1. The molecule has 0 aliphatic heterocycles. The van der Waals surface area contributed by atoms with Gasteiger partial charge in [0.1, 0.15) is 11.5 Å². The molecule has 0 aliphatic rings. The fourth-order valence-corrected chi connectivity index (χ4v) is 2.86. The van der Waals surface area contributed by atoms with Crippen LogP contribution in [0.4, 0.5) is 0 Å². The van der Waals surface area contributed by atoms with Crippen molar-refractivity contribution >= 4 is 15.6 Å². The van der Waals surface area contributed by atoms with Crippen LogP contribution in [0.15, 0.2) is 59.5 Å². The summed E-state index contributed by atoms with van der Waals surface area (Å²) in [7, 11) is -3.63. The predicted molar refractivity (Wildman–Crippen MR) is 70.9 cm³/mol. The van der Waals surface area contributed by atoms with Crippen molar-refractivity contribution in [1.29, 1.82) is 0 Å². The number of benzene rings is 2. The van der Waals surface area contributed by atoms with Crippen molar-refractivity contribution in [3.8, 4) is 5.75 Å². The van der Waals surface area contributed by atoms with Crippen LogP contribution in [-0.2, 0) is 9.84 Å². The Balaban J connectivity index is 2.22. The zero-order valence-electron chi connectivity index (χ0n) is 9.98. The van der Waals surface area contributed by atoms with Gasteiger partial charge in [-0.05, 0) is 36.4 Å². The molecule has 0 unspecified atom stereocenters. The molecule has 1 N–H and O–H groups in total. The smallest absolute Gasteiger partial charge is 0.185 e. The van der Waals surface area contributed by atoms with Gasteiger partial charge in [0.05, 0.1) is 4.90 Å². The van der Waals surface area contributed by atoms with E-state index in [1.54, 1.807) is 18.2 Å². The van der Waals surface area contributed by atoms with Crippen LogP contribution >= 0.6 is 0 Å². The lowest BCUT2D eigenvalue weighted by Crippen LogP contribution is -2.16. The van der Waals surface area contributed by atoms with Crippen molar-refractivity contribution in [3.63, 3.8) is 0 Å². The van der Waals surface area contributed by atoms with Gasteiger partial charge in [0, 0.05) is 5.56 Å². The number of rotatable bonds is 4. The second-order valence-electron chi connectivity index (χ2n) is 4.04. The Morgan fingerprint density at radius 1 is 0.947 bits per heavy atom. The topological polar surface area (TPSA) is 71.4 Å². The van der Waals surface area contributed by atoms with E-state index in [1.165, 1.54) is 36.4 Å². The SMILES string of the molecule is O=C(CS(=O)(=O)c1ccccc1)c1ccc(O)cc1. The average molecular weight is 276 g/mol. The summed E-state index contributed by atoms with van der Waals surface area (Å²) in [4.78, 5) is 12.0. The van der Waals surface area contributed by atoms with E-state index < -0.39 is 21.4 Å². The molecule has 0 saturated carbocycles. The van der Waals surface area contributed by atoms with Gasteiger partial charge in [-0.25, -0.2) is 8.42 Å². The quantitative estimate of drug-likeness (QED) is 0.867. The fraction of sp³-hybridized carbons (Fsp3) is 0.0714. The predicted octanol–water partition coefficient (Wildman–Crippen LogP) is 2.05. The Labute approximate surface area is 111 Å². The highest BCUT2D eigenvalue weighted by molar-refractivity contribution is 7.92. The van der Waals surface area contributed by atoms with E-state index in [0.717, 1.165) is 0 Å². The molecule has 0 saturated heterocycles. The van der Waals surface area contributed by atoms with E-state index in [1.807, 2.05) is 0 Å². The summed E-state index contributed by atoms with van der Waals surface area (Å²) < 4.78 is 24.0. The van der Waals surface area contributed by atoms with Gasteiger partial charge in [-0.15, -0.1) is 0 Å². The molecule has 5 heteroatoms. The second-order valence-corrected chi connectivity index (χ2v) is 6.03. The van der Waals surface area contributed by atoms with E-state index in [0.29, 0.717) is 0 Å². The highest BCUT2D eigenvalue weighted by atomic mass is 32.2. The van der Waals surface area contributed by atoms with Gasteiger partial charge in [-0.3, -0.25) is 4.79 Å². The summed E-state index contributed by atoms with van der Waals surface area (Å²) in [6.07, 6.45) is 0. The summed E-state index contributed by atoms with van der Waals surface area (Å²) in [6.45, 7) is 0. The maximum Gasteiger partial charge on any atom is 0.185 e. The third-order valence-corrected chi connectivity index (χ3v) is 4.25. The number of carbonyl (C=O) groups is 1. The first-order valence-corrected chi connectivity index (χ1v) is 7.24. The Morgan fingerprint density at radius 3 is 2.11 bits per heavy atom. The van der Waals surface area contributed by atoms with E-state index in [2.05, 4.69) is 0 Å². The maximum absolute atomic E-state index is 12.0. The number of sulfone groups is 1. The van der Waals surface area contributed by atoms with E-state index in [-0.39, 0.29) is 16.2 Å². The van der Waals surface area contributed by atoms with Gasteiger partial charge in [-0.2, -0.15) is 0 Å². The zero-order valence-corrected chi connectivity index (χ0v) is 10.8. The molecule has 0 spiro atoms. The number of phenols is 1. The lowest BCUT2D eigenvalue weighted by Gasteiger charge is -2.04. The highest BCUT2D eigenvalue weighted by Gasteiger charge is 2.19. The fourth-order valence-electron chi connectivity index (χ4n) is 1.61. The van der Waals surface area contributed by atoms with Gasteiger partial charge < -0.3 is 5.11 Å². The molecule has 98 valence electrons. The molecule has 0 radical (unpaired) electrons. The Kier molecular flexibility index (Phi) is 3.66. The molecule has 2 aromatic carbocycles. The monoisotopic (exact) mass is 276 g/mol. The van der Waals surface area contributed by atoms with E-state index >= 15 is 0 Å². The molecule has 0 aliphatic carbocycles. The molecule has 0 atom stereocenters. The summed E-state index contributed by atoms with van der Waals surface area (Å²) >= 11 is 0. The summed E-state index contributed by atoms with van der Waals surface area (Å²) in [5.41, 5.74) is 0.261. The van der Waals surface area contributed by atoms with Gasteiger partial charge in [-0.1, -0.05) is 18.2 Å². The van der Waals surface area contributed by atoms with Crippen molar-refractivity contribution in [2.24, 2.45) is 0 Å². The molecule has 0 aromatic heterocycles. The van der Waals surface area contributed by atoms with Crippen LogP contribution in [0, 0.1) is 0 Å². The Morgan fingerprint density at radius 2 is 1.53 bits per heavy atom. The number of phenolic OH excluding ortho intramolecular Hbond substituents is 1. The largest absolute Gasteiger partial charge is 0.508 e.